The van der Waals surface area contributed by atoms with Crippen LogP contribution >= 0.6 is 0 Å². The van der Waals surface area contributed by atoms with Gasteiger partial charge in [0.1, 0.15) is 30.5 Å². The van der Waals surface area contributed by atoms with E-state index in [-0.39, 0.29) is 0 Å². The summed E-state index contributed by atoms with van der Waals surface area (Å²) in [5, 5.41) is 22.1. The highest BCUT2D eigenvalue weighted by atomic mass is 16.6. The van der Waals surface area contributed by atoms with Gasteiger partial charge < -0.3 is 33.9 Å². The number of aliphatic carboxylic acids is 1. The number of rotatable bonds is 9. The number of ether oxygens (including phenoxy) is 5. The lowest BCUT2D eigenvalue weighted by molar-refractivity contribution is -0.165. The second kappa shape index (κ2) is 11.7. The third kappa shape index (κ3) is 4.99. The van der Waals surface area contributed by atoms with Crippen molar-refractivity contribution in [2.24, 2.45) is 11.8 Å². The van der Waals surface area contributed by atoms with E-state index in [1.807, 2.05) is 72.8 Å². The van der Waals surface area contributed by atoms with Gasteiger partial charge in [-0.2, -0.15) is 0 Å². The van der Waals surface area contributed by atoms with Gasteiger partial charge >= 0.3 is 5.97 Å². The average molecular weight is 569 g/mol. The first kappa shape index (κ1) is 27.5. The van der Waals surface area contributed by atoms with Gasteiger partial charge in [-0.1, -0.05) is 54.6 Å². The lowest BCUT2D eigenvalue weighted by atomic mass is 9.52. The van der Waals surface area contributed by atoms with Crippen LogP contribution in [-0.4, -0.2) is 49.9 Å². The molecule has 6 rings (SSSR count). The first-order valence-corrected chi connectivity index (χ1v) is 13.8. The van der Waals surface area contributed by atoms with E-state index in [0.29, 0.717) is 53.1 Å². The number of hydrogen-bond donors (Lipinski definition) is 2. The molecule has 1 saturated carbocycles. The molecule has 0 spiro atoms. The first-order valence-electron chi connectivity index (χ1n) is 13.8. The number of fused-ring (bicyclic) bond motifs is 1. The van der Waals surface area contributed by atoms with Crippen molar-refractivity contribution >= 4 is 5.97 Å². The molecule has 1 aliphatic carbocycles. The number of carbonyl (C=O) groups is 1. The molecule has 4 unspecified atom stereocenters. The van der Waals surface area contributed by atoms with Gasteiger partial charge in [0.15, 0.2) is 11.5 Å². The molecule has 42 heavy (non-hydrogen) atoms. The molecular formula is C34H32O8. The van der Waals surface area contributed by atoms with Crippen LogP contribution in [0.4, 0.5) is 0 Å². The predicted octanol–water partition coefficient (Wildman–Crippen LogP) is 5.74. The summed E-state index contributed by atoms with van der Waals surface area (Å²) < 4.78 is 28.8. The van der Waals surface area contributed by atoms with Crippen LogP contribution in [0.15, 0.2) is 91.0 Å². The topological polar surface area (TPSA) is 104 Å². The molecule has 0 bridgehead atoms. The normalized spacial score (nSPS) is 21.5. The molecule has 1 aliphatic heterocycles. The van der Waals surface area contributed by atoms with Gasteiger partial charge in [-0.25, -0.2) is 0 Å². The minimum atomic E-state index is -1.33. The average Bonchev–Trinajstić information content (AvgIpc) is 3.00. The summed E-state index contributed by atoms with van der Waals surface area (Å²) >= 11 is 0. The van der Waals surface area contributed by atoms with Crippen molar-refractivity contribution in [2.75, 3.05) is 27.4 Å². The summed E-state index contributed by atoms with van der Waals surface area (Å²) in [6.07, 6.45) is -1.33. The number of benzene rings is 4. The number of methoxy groups -OCH3 is 2. The largest absolute Gasteiger partial charge is 0.496 e. The SMILES string of the molecule is COc1ccccc1C1C(C(=O)O)[C@H](c2ccccc2OC)C1C(O)Oc1cccc(-c2ccc3c(c2)OCCO3)c1. The van der Waals surface area contributed by atoms with Crippen molar-refractivity contribution in [1.29, 1.82) is 0 Å². The van der Waals surface area contributed by atoms with Crippen LogP contribution in [0.2, 0.25) is 0 Å². The maximum absolute atomic E-state index is 12.8. The molecule has 4 aromatic rings. The molecular weight excluding hydrogens is 536 g/mol. The lowest BCUT2D eigenvalue weighted by Gasteiger charge is -2.52. The van der Waals surface area contributed by atoms with E-state index in [4.69, 9.17) is 23.7 Å². The molecule has 0 saturated heterocycles. The minimum Gasteiger partial charge on any atom is -0.496 e. The fourth-order valence-corrected chi connectivity index (χ4v) is 6.32. The molecule has 1 fully saturated rings. The van der Waals surface area contributed by atoms with E-state index in [2.05, 4.69) is 0 Å². The monoisotopic (exact) mass is 568 g/mol. The summed E-state index contributed by atoms with van der Waals surface area (Å²) in [6.45, 7) is 1.01. The standard InChI is InChI=1S/C34H32O8/c1-38-25-12-5-3-10-23(25)29-31(33(35)36)30(24-11-4-6-13-26(24)39-2)32(29)34(37)42-22-9-7-8-20(18-22)21-14-15-27-28(19-21)41-17-16-40-27/h3-15,18-19,29-32,34,37H,16-17H2,1-2H3,(H,35,36)/t29-,30?,31?,32?,34?/m0/s1. The molecule has 0 radical (unpaired) electrons. The fourth-order valence-electron chi connectivity index (χ4n) is 6.32. The zero-order chi connectivity index (χ0) is 29.2. The van der Waals surface area contributed by atoms with Gasteiger partial charge in [0.25, 0.3) is 0 Å². The Morgan fingerprint density at radius 3 is 1.98 bits per heavy atom. The van der Waals surface area contributed by atoms with Crippen LogP contribution in [0.5, 0.6) is 28.7 Å². The lowest BCUT2D eigenvalue weighted by Crippen LogP contribution is -2.53. The first-order chi connectivity index (χ1) is 20.5. The van der Waals surface area contributed by atoms with Crippen molar-refractivity contribution in [3.8, 4) is 39.9 Å². The van der Waals surface area contributed by atoms with Gasteiger partial charge in [0.2, 0.25) is 6.29 Å². The van der Waals surface area contributed by atoms with Crippen molar-refractivity contribution in [2.45, 2.75) is 18.1 Å². The molecule has 0 aromatic heterocycles. The Hall–Kier alpha value is -4.69. The van der Waals surface area contributed by atoms with Gasteiger partial charge in [-0.15, -0.1) is 0 Å². The highest BCUT2D eigenvalue weighted by molar-refractivity contribution is 5.76. The van der Waals surface area contributed by atoms with E-state index >= 15 is 0 Å². The Morgan fingerprint density at radius 2 is 1.36 bits per heavy atom. The molecule has 2 aliphatic rings. The van der Waals surface area contributed by atoms with E-state index < -0.39 is 35.9 Å². The number of aliphatic hydroxyl groups is 1. The number of carboxylic acid groups (broad SMARTS) is 1. The van der Waals surface area contributed by atoms with Crippen molar-refractivity contribution in [3.05, 3.63) is 102 Å². The van der Waals surface area contributed by atoms with Crippen LogP contribution in [0.3, 0.4) is 0 Å². The summed E-state index contributed by atoms with van der Waals surface area (Å²) in [5.41, 5.74) is 3.19. The maximum Gasteiger partial charge on any atom is 0.307 e. The number of hydrogen-bond acceptors (Lipinski definition) is 7. The summed E-state index contributed by atoms with van der Waals surface area (Å²) in [5.74, 6) is -0.628. The third-order valence-corrected chi connectivity index (χ3v) is 8.18. The number of carboxylic acids is 1. The Balaban J connectivity index is 1.36. The molecule has 5 atom stereocenters. The number of para-hydroxylation sites is 2. The van der Waals surface area contributed by atoms with Crippen molar-refractivity contribution in [1.82, 2.24) is 0 Å². The van der Waals surface area contributed by atoms with Crippen molar-refractivity contribution in [3.63, 3.8) is 0 Å². The zero-order valence-electron chi connectivity index (χ0n) is 23.3. The predicted molar refractivity (Wildman–Crippen MR) is 156 cm³/mol. The third-order valence-electron chi connectivity index (χ3n) is 8.18. The fraction of sp³-hybridized carbons (Fsp3) is 0.265. The molecule has 0 amide bonds. The van der Waals surface area contributed by atoms with E-state index in [1.54, 1.807) is 32.4 Å². The quantitative estimate of drug-likeness (QED) is 0.247. The smallest absolute Gasteiger partial charge is 0.307 e. The van der Waals surface area contributed by atoms with Gasteiger partial charge in [-0.3, -0.25) is 4.79 Å². The van der Waals surface area contributed by atoms with Crippen LogP contribution in [0.25, 0.3) is 11.1 Å². The summed E-state index contributed by atoms with van der Waals surface area (Å²) in [6, 6.07) is 27.8. The van der Waals surface area contributed by atoms with Gasteiger partial charge in [0.05, 0.1) is 20.1 Å². The van der Waals surface area contributed by atoms with E-state index in [0.717, 1.165) is 11.1 Å². The van der Waals surface area contributed by atoms with Gasteiger partial charge in [-0.05, 0) is 58.7 Å². The Morgan fingerprint density at radius 1 is 0.762 bits per heavy atom. The second-order valence-corrected chi connectivity index (χ2v) is 10.4. The molecule has 4 aromatic carbocycles. The summed E-state index contributed by atoms with van der Waals surface area (Å²) in [4.78, 5) is 12.8. The Kier molecular flexibility index (Phi) is 7.63. The second-order valence-electron chi connectivity index (χ2n) is 10.4. The highest BCUT2D eigenvalue weighted by Gasteiger charge is 2.60. The number of aliphatic hydroxyl groups excluding tert-OH is 1. The van der Waals surface area contributed by atoms with Crippen LogP contribution in [-0.2, 0) is 4.79 Å². The van der Waals surface area contributed by atoms with Crippen LogP contribution < -0.4 is 23.7 Å². The summed E-state index contributed by atoms with van der Waals surface area (Å²) in [7, 11) is 3.10. The van der Waals surface area contributed by atoms with E-state index in [1.165, 1.54) is 0 Å². The highest BCUT2D eigenvalue weighted by Crippen LogP contribution is 2.61. The minimum absolute atomic E-state index is 0.450. The maximum atomic E-state index is 12.8. The Labute approximate surface area is 244 Å². The Bertz CT molecular complexity index is 1530. The van der Waals surface area contributed by atoms with Crippen molar-refractivity contribution < 1.29 is 38.7 Å². The molecule has 8 heteroatoms. The molecule has 216 valence electrons. The zero-order valence-corrected chi connectivity index (χ0v) is 23.3. The van der Waals surface area contributed by atoms with Crippen LogP contribution in [0.1, 0.15) is 23.0 Å². The molecule has 1 heterocycles. The van der Waals surface area contributed by atoms with Gasteiger partial charge in [0, 0.05) is 17.8 Å². The molecule has 2 N–H and O–H groups in total. The van der Waals surface area contributed by atoms with Crippen LogP contribution in [0, 0.1) is 11.8 Å². The van der Waals surface area contributed by atoms with E-state index in [9.17, 15) is 15.0 Å². The molecule has 8 nitrogen and oxygen atoms in total.